The second-order valence-corrected chi connectivity index (χ2v) is 9.88. The number of aromatic nitrogens is 6. The minimum absolute atomic E-state index is 0.0811. The third-order valence-electron chi connectivity index (χ3n) is 6.88. The molecule has 0 spiro atoms. The highest BCUT2D eigenvalue weighted by Crippen LogP contribution is 2.32. The number of anilines is 1. The number of nitrogens with one attached hydrogen (secondary N) is 2. The van der Waals surface area contributed by atoms with Crippen LogP contribution in [0.1, 0.15) is 43.0 Å². The Bertz CT molecular complexity index is 1540. The smallest absolute Gasteiger partial charge is 0.332 e. The molecule has 0 bridgehead atoms. The van der Waals surface area contributed by atoms with E-state index in [1.807, 2.05) is 6.07 Å². The van der Waals surface area contributed by atoms with Gasteiger partial charge in [0.2, 0.25) is 0 Å². The molecule has 2 saturated carbocycles. The normalized spacial score (nSPS) is 16.2. The van der Waals surface area contributed by atoms with E-state index in [0.717, 1.165) is 25.7 Å². The molecule has 10 nitrogen and oxygen atoms in total. The largest absolute Gasteiger partial charge is 0.360 e. The lowest BCUT2D eigenvalue weighted by Gasteiger charge is -2.13. The Morgan fingerprint density at radius 3 is 2.47 bits per heavy atom. The molecule has 184 valence electrons. The molecule has 2 N–H and O–H groups in total. The Labute approximate surface area is 206 Å². The van der Waals surface area contributed by atoms with Crippen molar-refractivity contribution in [1.29, 1.82) is 0 Å². The van der Waals surface area contributed by atoms with Gasteiger partial charge in [-0.15, -0.1) is 0 Å². The van der Waals surface area contributed by atoms with Gasteiger partial charge in [-0.2, -0.15) is 0 Å². The predicted octanol–water partition coefficient (Wildman–Crippen LogP) is 2.85. The summed E-state index contributed by atoms with van der Waals surface area (Å²) in [5.41, 5.74) is 1.37. The lowest BCUT2D eigenvalue weighted by Crippen LogP contribution is -2.41. The minimum Gasteiger partial charge on any atom is -0.360 e. The molecule has 6 rings (SSSR count). The van der Waals surface area contributed by atoms with Crippen molar-refractivity contribution in [2.45, 2.75) is 51.7 Å². The first kappa shape index (κ1) is 22.4. The molecular weight excluding hydrogens is 458 g/mol. The number of fused-ring (bicyclic) bond motifs is 1. The Kier molecular flexibility index (Phi) is 5.50. The van der Waals surface area contributed by atoms with E-state index < -0.39 is 6.04 Å². The molecule has 2 fully saturated rings. The number of hydrogen-bond acceptors (Lipinski definition) is 7. The van der Waals surface area contributed by atoms with Crippen molar-refractivity contribution < 1.29 is 4.79 Å². The molecule has 1 atom stereocenters. The van der Waals surface area contributed by atoms with Crippen molar-refractivity contribution in [1.82, 2.24) is 29.1 Å². The number of Topliss-reactive ketones (excluding diaryl/α,β-unsaturated/α-hetero) is 1. The monoisotopic (exact) mass is 485 g/mol. The van der Waals surface area contributed by atoms with Crippen LogP contribution in [0.2, 0.25) is 0 Å². The van der Waals surface area contributed by atoms with Gasteiger partial charge in [0.15, 0.2) is 11.4 Å². The average Bonchev–Trinajstić information content (AvgIpc) is 3.84. The van der Waals surface area contributed by atoms with Gasteiger partial charge in [0.1, 0.15) is 17.2 Å². The summed E-state index contributed by atoms with van der Waals surface area (Å²) in [6.45, 7) is 2.81. The van der Waals surface area contributed by atoms with Gasteiger partial charge in [-0.3, -0.25) is 23.7 Å². The first-order valence-electron chi connectivity index (χ1n) is 12.4. The first-order chi connectivity index (χ1) is 17.5. The number of H-pyrrole nitrogens is 1. The van der Waals surface area contributed by atoms with E-state index in [-0.39, 0.29) is 17.0 Å². The van der Waals surface area contributed by atoms with Crippen molar-refractivity contribution in [2.24, 2.45) is 11.8 Å². The molecule has 2 aliphatic carbocycles. The quantitative estimate of drug-likeness (QED) is 0.349. The third-order valence-corrected chi connectivity index (χ3v) is 6.88. The van der Waals surface area contributed by atoms with Crippen LogP contribution in [0.15, 0.2) is 52.4 Å². The number of carbonyl (C=O) groups is 1. The zero-order valence-corrected chi connectivity index (χ0v) is 20.0. The summed E-state index contributed by atoms with van der Waals surface area (Å²) >= 11 is 0. The zero-order chi connectivity index (χ0) is 24.8. The molecular formula is C26H27N7O3. The van der Waals surface area contributed by atoms with Gasteiger partial charge < -0.3 is 10.3 Å². The number of hydrogen-bond donors (Lipinski definition) is 2. The number of aromatic amines is 1. The Morgan fingerprint density at radius 1 is 1.08 bits per heavy atom. The van der Waals surface area contributed by atoms with Crippen LogP contribution in [-0.4, -0.2) is 40.9 Å². The average molecular weight is 486 g/mol. The highest BCUT2D eigenvalue weighted by molar-refractivity contribution is 6.01. The molecule has 0 aromatic carbocycles. The third kappa shape index (κ3) is 4.34. The second kappa shape index (κ2) is 8.85. The van der Waals surface area contributed by atoms with Crippen molar-refractivity contribution in [3.8, 4) is 11.4 Å². The maximum atomic E-state index is 13.2. The molecule has 0 saturated heterocycles. The van der Waals surface area contributed by atoms with Gasteiger partial charge in [0, 0.05) is 42.8 Å². The molecule has 4 heterocycles. The van der Waals surface area contributed by atoms with Gasteiger partial charge in [-0.1, -0.05) is 0 Å². The number of carbonyl (C=O) groups excluding carboxylic acids is 1. The Balaban J connectivity index is 1.29. The molecule has 4 aromatic rings. The highest BCUT2D eigenvalue weighted by Gasteiger charge is 2.28. The Hall–Kier alpha value is -4.08. The number of rotatable bonds is 9. The fraction of sp³-hybridized carbons (Fsp3) is 0.385. The van der Waals surface area contributed by atoms with Crippen LogP contribution < -0.4 is 16.6 Å². The number of imidazole rings is 1. The van der Waals surface area contributed by atoms with E-state index in [1.165, 1.54) is 4.57 Å². The van der Waals surface area contributed by atoms with Crippen molar-refractivity contribution >= 4 is 22.8 Å². The number of ketones is 1. The fourth-order valence-corrected chi connectivity index (χ4v) is 4.41. The van der Waals surface area contributed by atoms with E-state index in [4.69, 9.17) is 0 Å². The maximum Gasteiger partial charge on any atom is 0.332 e. The molecule has 0 aliphatic heterocycles. The number of nitrogens with zero attached hydrogens (tertiary/aromatic N) is 5. The summed E-state index contributed by atoms with van der Waals surface area (Å²) in [5.74, 6) is 1.80. The van der Waals surface area contributed by atoms with Crippen molar-refractivity contribution in [3.05, 3.63) is 69.3 Å². The van der Waals surface area contributed by atoms with Crippen LogP contribution in [0.5, 0.6) is 0 Å². The molecule has 36 heavy (non-hydrogen) atoms. The summed E-state index contributed by atoms with van der Waals surface area (Å²) < 4.78 is 3.03. The molecule has 10 heteroatoms. The second-order valence-electron chi connectivity index (χ2n) is 9.88. The lowest BCUT2D eigenvalue weighted by atomic mass is 10.1. The van der Waals surface area contributed by atoms with Gasteiger partial charge in [0.05, 0.1) is 6.04 Å². The molecule has 4 aromatic heterocycles. The van der Waals surface area contributed by atoms with Crippen LogP contribution in [0.25, 0.3) is 22.6 Å². The van der Waals surface area contributed by atoms with Gasteiger partial charge in [-0.05, 0) is 68.7 Å². The summed E-state index contributed by atoms with van der Waals surface area (Å²) in [4.78, 5) is 55.2. The standard InChI is InChI=1S/C26H27N7O3/c1-15(22(34)18-3-2-10-27-11-18)29-20-9-8-19(12-28-20)23-30-21-24(31-23)32(13-16-4-5-16)26(36)33(25(21)35)14-17-6-7-17/h2-3,8-12,15-17H,4-7,13-14H2,1H3,(H,28,29)(H,30,31). The van der Waals surface area contributed by atoms with Crippen LogP contribution in [-0.2, 0) is 13.1 Å². The molecule has 0 amide bonds. The summed E-state index contributed by atoms with van der Waals surface area (Å²) in [5, 5.41) is 3.11. The number of pyridine rings is 2. The highest BCUT2D eigenvalue weighted by atomic mass is 16.2. The molecule has 0 radical (unpaired) electrons. The summed E-state index contributed by atoms with van der Waals surface area (Å²) in [6.07, 6.45) is 9.09. The van der Waals surface area contributed by atoms with Crippen molar-refractivity contribution in [3.63, 3.8) is 0 Å². The van der Waals surface area contributed by atoms with E-state index in [9.17, 15) is 14.4 Å². The summed E-state index contributed by atoms with van der Waals surface area (Å²) in [7, 11) is 0. The lowest BCUT2D eigenvalue weighted by molar-refractivity contribution is 0.0975. The SMILES string of the molecule is CC(Nc1ccc(-c2nc3c([nH]2)c(=O)n(CC2CC2)c(=O)n3CC2CC2)cn1)C(=O)c1cccnc1. The van der Waals surface area contributed by atoms with E-state index in [0.29, 0.717) is 58.9 Å². The van der Waals surface area contributed by atoms with E-state index in [2.05, 4.69) is 25.3 Å². The van der Waals surface area contributed by atoms with Gasteiger partial charge in [0.25, 0.3) is 5.56 Å². The molecule has 2 aliphatic rings. The first-order valence-corrected chi connectivity index (χ1v) is 12.4. The zero-order valence-electron chi connectivity index (χ0n) is 20.0. The fourth-order valence-electron chi connectivity index (χ4n) is 4.41. The van der Waals surface area contributed by atoms with Gasteiger partial charge in [-0.25, -0.2) is 14.8 Å². The molecule has 1 unspecified atom stereocenters. The van der Waals surface area contributed by atoms with Crippen LogP contribution in [0, 0.1) is 11.8 Å². The topological polar surface area (TPSA) is 128 Å². The van der Waals surface area contributed by atoms with Gasteiger partial charge >= 0.3 is 5.69 Å². The Morgan fingerprint density at radius 2 is 1.83 bits per heavy atom. The minimum atomic E-state index is -0.486. The van der Waals surface area contributed by atoms with Crippen LogP contribution >= 0.6 is 0 Å². The van der Waals surface area contributed by atoms with Crippen LogP contribution in [0.3, 0.4) is 0 Å². The maximum absolute atomic E-state index is 13.2. The predicted molar refractivity (Wildman–Crippen MR) is 135 cm³/mol. The summed E-state index contributed by atoms with van der Waals surface area (Å²) in [6, 6.07) is 6.55. The van der Waals surface area contributed by atoms with Crippen molar-refractivity contribution in [2.75, 3.05) is 5.32 Å². The van der Waals surface area contributed by atoms with E-state index >= 15 is 0 Å². The van der Waals surface area contributed by atoms with E-state index in [1.54, 1.807) is 48.3 Å². The van der Waals surface area contributed by atoms with Crippen LogP contribution in [0.4, 0.5) is 5.82 Å².